The predicted molar refractivity (Wildman–Crippen MR) is 68.3 cm³/mol. The lowest BCUT2D eigenvalue weighted by Crippen LogP contribution is -2.07. The molecular weight excluding hydrogens is 323 g/mol. The van der Waals surface area contributed by atoms with Crippen molar-refractivity contribution >= 4 is 27.4 Å². The number of rotatable bonds is 2. The molecule has 0 aromatic heterocycles. The van der Waals surface area contributed by atoms with Crippen molar-refractivity contribution in [3.8, 4) is 0 Å². The Balaban J connectivity index is 2.49. The maximum atomic E-state index is 13.5. The highest BCUT2D eigenvalue weighted by Gasteiger charge is 2.17. The zero-order chi connectivity index (χ0) is 14.2. The van der Waals surface area contributed by atoms with E-state index < -0.39 is 23.2 Å². The van der Waals surface area contributed by atoms with Crippen LogP contribution in [0.25, 0.3) is 0 Å². The van der Waals surface area contributed by atoms with Gasteiger partial charge in [-0.15, -0.1) is 0 Å². The Morgan fingerprint density at radius 3 is 2.32 bits per heavy atom. The Morgan fingerprint density at radius 2 is 1.68 bits per heavy atom. The van der Waals surface area contributed by atoms with Crippen LogP contribution in [-0.2, 0) is 0 Å². The van der Waals surface area contributed by atoms with Crippen LogP contribution in [0.1, 0.15) is 15.9 Å². The van der Waals surface area contributed by atoms with Crippen LogP contribution >= 0.6 is 15.9 Å². The van der Waals surface area contributed by atoms with Crippen LogP contribution in [0.2, 0.25) is 0 Å². The van der Waals surface area contributed by atoms with E-state index in [1.165, 1.54) is 12.1 Å². The first kappa shape index (κ1) is 13.6. The SMILES string of the molecule is Nc1cc(C(=O)c2ccc(F)c(Br)c2)c(F)cc1F. The number of hydrogen-bond donors (Lipinski definition) is 1. The largest absolute Gasteiger partial charge is 0.396 e. The molecule has 2 aromatic rings. The van der Waals surface area contributed by atoms with Crippen molar-refractivity contribution in [3.05, 3.63) is 63.4 Å². The molecule has 2 rings (SSSR count). The lowest BCUT2D eigenvalue weighted by molar-refractivity contribution is 0.103. The maximum Gasteiger partial charge on any atom is 0.196 e. The Kier molecular flexibility index (Phi) is 3.61. The third-order valence-electron chi connectivity index (χ3n) is 2.51. The van der Waals surface area contributed by atoms with Gasteiger partial charge in [0.1, 0.15) is 17.5 Å². The summed E-state index contributed by atoms with van der Waals surface area (Å²) in [4.78, 5) is 12.0. The van der Waals surface area contributed by atoms with Crippen molar-refractivity contribution in [1.29, 1.82) is 0 Å². The number of anilines is 1. The second-order valence-corrected chi connectivity index (χ2v) is 4.67. The molecule has 0 saturated carbocycles. The highest BCUT2D eigenvalue weighted by atomic mass is 79.9. The minimum absolute atomic E-state index is 0.0678. The van der Waals surface area contributed by atoms with Gasteiger partial charge in [-0.2, -0.15) is 0 Å². The normalized spacial score (nSPS) is 10.5. The van der Waals surface area contributed by atoms with Gasteiger partial charge >= 0.3 is 0 Å². The van der Waals surface area contributed by atoms with Gasteiger partial charge in [0.05, 0.1) is 15.7 Å². The molecule has 0 fully saturated rings. The number of halogens is 4. The summed E-state index contributed by atoms with van der Waals surface area (Å²) in [5, 5.41) is 0. The van der Waals surface area contributed by atoms with E-state index in [9.17, 15) is 18.0 Å². The van der Waals surface area contributed by atoms with Gasteiger partial charge in [-0.1, -0.05) is 0 Å². The molecule has 0 spiro atoms. The summed E-state index contributed by atoms with van der Waals surface area (Å²) in [7, 11) is 0. The lowest BCUT2D eigenvalue weighted by Gasteiger charge is -2.06. The zero-order valence-electron chi connectivity index (χ0n) is 9.38. The molecule has 0 aliphatic rings. The summed E-state index contributed by atoms with van der Waals surface area (Å²) in [5.41, 5.74) is 4.67. The van der Waals surface area contributed by atoms with E-state index in [0.717, 1.165) is 12.1 Å². The average molecular weight is 330 g/mol. The number of ketones is 1. The fourth-order valence-electron chi connectivity index (χ4n) is 1.53. The second kappa shape index (κ2) is 5.05. The van der Waals surface area contributed by atoms with Crippen molar-refractivity contribution in [2.45, 2.75) is 0 Å². The smallest absolute Gasteiger partial charge is 0.196 e. The molecular formula is C13H7BrF3NO. The van der Waals surface area contributed by atoms with Crippen molar-refractivity contribution < 1.29 is 18.0 Å². The topological polar surface area (TPSA) is 43.1 Å². The van der Waals surface area contributed by atoms with Gasteiger partial charge in [0.2, 0.25) is 0 Å². The molecule has 0 aliphatic carbocycles. The Morgan fingerprint density at radius 1 is 1.00 bits per heavy atom. The molecule has 0 bridgehead atoms. The highest BCUT2D eigenvalue weighted by Crippen LogP contribution is 2.22. The van der Waals surface area contributed by atoms with Crippen LogP contribution in [0, 0.1) is 17.5 Å². The number of nitrogen functional groups attached to an aromatic ring is 1. The van der Waals surface area contributed by atoms with Gasteiger partial charge in [-0.3, -0.25) is 4.79 Å². The third kappa shape index (κ3) is 2.63. The van der Waals surface area contributed by atoms with Gasteiger partial charge in [0.25, 0.3) is 0 Å². The molecule has 2 N–H and O–H groups in total. The summed E-state index contributed by atoms with van der Waals surface area (Å²) in [6.07, 6.45) is 0. The number of nitrogens with two attached hydrogens (primary N) is 1. The van der Waals surface area contributed by atoms with Crippen molar-refractivity contribution in [3.63, 3.8) is 0 Å². The van der Waals surface area contributed by atoms with Crippen LogP contribution in [-0.4, -0.2) is 5.78 Å². The van der Waals surface area contributed by atoms with E-state index in [-0.39, 0.29) is 21.3 Å². The molecule has 0 saturated heterocycles. The van der Waals surface area contributed by atoms with Gasteiger partial charge in [0, 0.05) is 11.6 Å². The van der Waals surface area contributed by atoms with E-state index in [0.29, 0.717) is 6.07 Å². The van der Waals surface area contributed by atoms with Crippen LogP contribution in [0.15, 0.2) is 34.8 Å². The van der Waals surface area contributed by atoms with Crippen LogP contribution in [0.5, 0.6) is 0 Å². The molecule has 0 atom stereocenters. The molecule has 0 amide bonds. The fourth-order valence-corrected chi connectivity index (χ4v) is 1.91. The fraction of sp³-hybridized carbons (Fsp3) is 0. The number of carbonyl (C=O) groups is 1. The predicted octanol–water partition coefficient (Wildman–Crippen LogP) is 3.68. The standard InChI is InChI=1S/C13H7BrF3NO/c14-8-3-6(1-2-9(8)15)13(19)7-4-12(18)11(17)5-10(7)16/h1-5H,18H2. The number of hydrogen-bond acceptors (Lipinski definition) is 2. The molecule has 0 radical (unpaired) electrons. The Hall–Kier alpha value is -1.82. The Bertz CT molecular complexity index is 673. The minimum atomic E-state index is -1.02. The average Bonchev–Trinajstić information content (AvgIpc) is 2.36. The van der Waals surface area contributed by atoms with Gasteiger partial charge in [-0.25, -0.2) is 13.2 Å². The Labute approximate surface area is 115 Å². The molecule has 2 nitrogen and oxygen atoms in total. The molecule has 2 aromatic carbocycles. The quantitative estimate of drug-likeness (QED) is 0.674. The van der Waals surface area contributed by atoms with E-state index in [1.54, 1.807) is 0 Å². The van der Waals surface area contributed by atoms with E-state index >= 15 is 0 Å². The molecule has 0 heterocycles. The number of carbonyl (C=O) groups excluding carboxylic acids is 1. The molecule has 0 aliphatic heterocycles. The zero-order valence-corrected chi connectivity index (χ0v) is 11.0. The van der Waals surface area contributed by atoms with Gasteiger partial charge < -0.3 is 5.73 Å². The van der Waals surface area contributed by atoms with Gasteiger partial charge in [-0.05, 0) is 40.2 Å². The highest BCUT2D eigenvalue weighted by molar-refractivity contribution is 9.10. The van der Waals surface area contributed by atoms with E-state index in [4.69, 9.17) is 5.73 Å². The summed E-state index contributed by atoms with van der Waals surface area (Å²) < 4.78 is 39.7. The summed E-state index contributed by atoms with van der Waals surface area (Å²) in [6, 6.07) is 4.96. The monoisotopic (exact) mass is 329 g/mol. The first-order chi connectivity index (χ1) is 8.90. The maximum absolute atomic E-state index is 13.5. The minimum Gasteiger partial charge on any atom is -0.396 e. The third-order valence-corrected chi connectivity index (χ3v) is 3.12. The lowest BCUT2D eigenvalue weighted by atomic mass is 10.0. The van der Waals surface area contributed by atoms with Crippen LogP contribution in [0.3, 0.4) is 0 Å². The van der Waals surface area contributed by atoms with Crippen LogP contribution < -0.4 is 5.73 Å². The van der Waals surface area contributed by atoms with Crippen molar-refractivity contribution in [1.82, 2.24) is 0 Å². The molecule has 6 heteroatoms. The van der Waals surface area contributed by atoms with E-state index in [1.807, 2.05) is 0 Å². The summed E-state index contributed by atoms with van der Waals surface area (Å²) >= 11 is 2.93. The number of benzene rings is 2. The summed E-state index contributed by atoms with van der Waals surface area (Å²) in [5.74, 6) is -3.20. The second-order valence-electron chi connectivity index (χ2n) is 3.81. The molecule has 98 valence electrons. The van der Waals surface area contributed by atoms with Crippen molar-refractivity contribution in [2.24, 2.45) is 0 Å². The van der Waals surface area contributed by atoms with E-state index in [2.05, 4.69) is 15.9 Å². The van der Waals surface area contributed by atoms with Gasteiger partial charge in [0.15, 0.2) is 5.78 Å². The molecule has 19 heavy (non-hydrogen) atoms. The van der Waals surface area contributed by atoms with Crippen LogP contribution in [0.4, 0.5) is 18.9 Å². The first-order valence-electron chi connectivity index (χ1n) is 5.14. The first-order valence-corrected chi connectivity index (χ1v) is 5.93. The molecule has 0 unspecified atom stereocenters. The van der Waals surface area contributed by atoms with Crippen molar-refractivity contribution in [2.75, 3.05) is 5.73 Å². The summed E-state index contributed by atoms with van der Waals surface area (Å²) in [6.45, 7) is 0.